The quantitative estimate of drug-likeness (QED) is 0.370. The largest absolute Gasteiger partial charge is 0.497 e. The molecule has 2 saturated carbocycles. The highest BCUT2D eigenvalue weighted by molar-refractivity contribution is 7.89. The predicted molar refractivity (Wildman–Crippen MR) is 155 cm³/mol. The Hall–Kier alpha value is -3.32. The lowest BCUT2D eigenvalue weighted by Crippen LogP contribution is -2.41. The van der Waals surface area contributed by atoms with E-state index in [0.717, 1.165) is 18.4 Å². The molecule has 0 saturated heterocycles. The van der Waals surface area contributed by atoms with Crippen LogP contribution in [0, 0.1) is 11.8 Å². The van der Waals surface area contributed by atoms with Crippen LogP contribution in [0.2, 0.25) is 0 Å². The number of hydrogen-bond acceptors (Lipinski definition) is 9. The molecule has 2 aliphatic heterocycles. The summed E-state index contributed by atoms with van der Waals surface area (Å²) >= 11 is 0. The molecule has 3 unspecified atom stereocenters. The molecule has 5 atom stereocenters. The highest BCUT2D eigenvalue weighted by Gasteiger charge is 2.41. The number of carbonyl (C=O) groups excluding carboxylic acids is 1. The first-order valence-electron chi connectivity index (χ1n) is 14.8. The number of allylic oxidation sites excluding steroid dienone is 1. The average Bonchev–Trinajstić information content (AvgIpc) is 3.78. The van der Waals surface area contributed by atoms with E-state index in [-0.39, 0.29) is 61.6 Å². The lowest BCUT2D eigenvalue weighted by atomic mass is 9.92. The fraction of sp³-hybridized carbons (Fsp3) is 0.516. The summed E-state index contributed by atoms with van der Waals surface area (Å²) in [5.74, 6) is 2.78. The van der Waals surface area contributed by atoms with Gasteiger partial charge in [-0.05, 0) is 79.1 Å². The summed E-state index contributed by atoms with van der Waals surface area (Å²) in [4.78, 5) is 13.5. The predicted octanol–water partition coefficient (Wildman–Crippen LogP) is 3.14. The lowest BCUT2D eigenvalue weighted by molar-refractivity contribution is -0.147. The van der Waals surface area contributed by atoms with E-state index in [1.54, 1.807) is 12.1 Å². The molecule has 2 fully saturated rings. The molecule has 12 heteroatoms. The summed E-state index contributed by atoms with van der Waals surface area (Å²) in [5.41, 5.74) is 0.926. The Bertz CT molecular complexity index is 1450. The van der Waals surface area contributed by atoms with Gasteiger partial charge in [-0.25, -0.2) is 8.42 Å². The second-order valence-electron chi connectivity index (χ2n) is 11.5. The van der Waals surface area contributed by atoms with Crippen LogP contribution in [-0.4, -0.2) is 76.3 Å². The molecule has 2 N–H and O–H groups in total. The summed E-state index contributed by atoms with van der Waals surface area (Å²) in [5, 5.41) is 12.8. The van der Waals surface area contributed by atoms with Crippen molar-refractivity contribution in [3.63, 3.8) is 0 Å². The Morgan fingerprint density at radius 3 is 2.58 bits per heavy atom. The van der Waals surface area contributed by atoms with Crippen molar-refractivity contribution in [1.82, 2.24) is 9.62 Å². The van der Waals surface area contributed by atoms with Gasteiger partial charge >= 0.3 is 0 Å². The van der Waals surface area contributed by atoms with Crippen LogP contribution in [0.5, 0.6) is 17.2 Å². The van der Waals surface area contributed by atoms with Gasteiger partial charge in [0.05, 0.1) is 25.2 Å². The van der Waals surface area contributed by atoms with Gasteiger partial charge in [-0.15, -0.1) is 0 Å². The number of amides is 1. The van der Waals surface area contributed by atoms with Gasteiger partial charge in [0, 0.05) is 31.5 Å². The Labute approximate surface area is 251 Å². The number of benzene rings is 2. The zero-order chi connectivity index (χ0) is 30.0. The van der Waals surface area contributed by atoms with Crippen molar-refractivity contribution >= 4 is 15.9 Å². The molecule has 4 aliphatic rings. The molecule has 11 nitrogen and oxygen atoms in total. The number of hydrogen-bond donors (Lipinski definition) is 2. The van der Waals surface area contributed by atoms with Crippen LogP contribution in [0.25, 0.3) is 0 Å². The molecule has 0 radical (unpaired) electrons. The van der Waals surface area contributed by atoms with Gasteiger partial charge in [-0.3, -0.25) is 4.79 Å². The minimum absolute atomic E-state index is 0.00477. The van der Waals surface area contributed by atoms with E-state index in [1.165, 1.54) is 36.4 Å². The number of sulfonamides is 1. The molecule has 0 aromatic heterocycles. The number of nitrogens with one attached hydrogen (secondary N) is 1. The Morgan fingerprint density at radius 1 is 1.05 bits per heavy atom. The second kappa shape index (κ2) is 12.7. The third kappa shape index (κ3) is 6.47. The first-order valence-corrected chi connectivity index (χ1v) is 16.2. The van der Waals surface area contributed by atoms with Crippen LogP contribution >= 0.6 is 0 Å². The third-order valence-corrected chi connectivity index (χ3v) is 10.8. The fourth-order valence-corrected chi connectivity index (χ4v) is 8.02. The van der Waals surface area contributed by atoms with Crippen molar-refractivity contribution in [2.75, 3.05) is 40.2 Å². The van der Waals surface area contributed by atoms with Crippen molar-refractivity contribution in [2.24, 2.45) is 11.8 Å². The van der Waals surface area contributed by atoms with Crippen LogP contribution in [0.15, 0.2) is 59.2 Å². The van der Waals surface area contributed by atoms with Crippen molar-refractivity contribution in [1.29, 1.82) is 0 Å². The maximum absolute atomic E-state index is 13.4. The molecular weight excluding hydrogens is 576 g/mol. The average molecular weight is 615 g/mol. The van der Waals surface area contributed by atoms with E-state index in [1.807, 2.05) is 24.3 Å². The van der Waals surface area contributed by atoms with Gasteiger partial charge in [0.2, 0.25) is 23.1 Å². The Balaban J connectivity index is 1.15. The first-order chi connectivity index (χ1) is 20.8. The smallest absolute Gasteiger partial charge is 0.286 e. The zero-order valence-electron chi connectivity index (χ0n) is 24.1. The monoisotopic (exact) mass is 614 g/mol. The van der Waals surface area contributed by atoms with Crippen LogP contribution < -0.4 is 19.5 Å². The third-order valence-electron chi connectivity index (χ3n) is 8.85. The van der Waals surface area contributed by atoms with Gasteiger partial charge in [0.1, 0.15) is 5.75 Å². The van der Waals surface area contributed by atoms with Crippen LogP contribution in [0.3, 0.4) is 0 Å². The molecule has 2 heterocycles. The van der Waals surface area contributed by atoms with Crippen LogP contribution in [-0.2, 0) is 24.3 Å². The number of ether oxygens (including phenoxy) is 5. The maximum Gasteiger partial charge on any atom is 0.286 e. The van der Waals surface area contributed by atoms with Gasteiger partial charge in [0.25, 0.3) is 5.91 Å². The lowest BCUT2D eigenvalue weighted by Gasteiger charge is -2.31. The number of aliphatic hydroxyl groups excluding tert-OH is 1. The minimum Gasteiger partial charge on any atom is -0.497 e. The molecular formula is C31H38N2O9S. The van der Waals surface area contributed by atoms with Gasteiger partial charge in [-0.2, -0.15) is 4.31 Å². The maximum atomic E-state index is 13.4. The number of aliphatic hydroxyl groups is 1. The molecule has 2 aliphatic carbocycles. The molecule has 43 heavy (non-hydrogen) atoms. The number of fused-ring (bicyclic) bond motifs is 3. The van der Waals surface area contributed by atoms with Gasteiger partial charge < -0.3 is 34.1 Å². The summed E-state index contributed by atoms with van der Waals surface area (Å²) in [6, 6.07) is 11.9. The number of nitrogens with zero attached hydrogens (tertiary/aromatic N) is 1. The highest BCUT2D eigenvalue weighted by atomic mass is 32.2. The van der Waals surface area contributed by atoms with E-state index >= 15 is 0 Å². The van der Waals surface area contributed by atoms with Crippen molar-refractivity contribution in [3.05, 3.63) is 59.9 Å². The van der Waals surface area contributed by atoms with E-state index in [9.17, 15) is 18.3 Å². The van der Waals surface area contributed by atoms with Gasteiger partial charge in [-0.1, -0.05) is 12.5 Å². The molecule has 1 amide bonds. The summed E-state index contributed by atoms with van der Waals surface area (Å²) in [6.45, 7) is -0.304. The molecule has 2 bridgehead atoms. The van der Waals surface area contributed by atoms with E-state index < -0.39 is 16.3 Å². The summed E-state index contributed by atoms with van der Waals surface area (Å²) in [6.07, 6.45) is 5.99. The summed E-state index contributed by atoms with van der Waals surface area (Å²) < 4.78 is 56.0. The molecule has 2 aromatic rings. The minimum atomic E-state index is -3.90. The van der Waals surface area contributed by atoms with E-state index in [0.29, 0.717) is 35.5 Å². The van der Waals surface area contributed by atoms with Crippen molar-refractivity contribution in [3.8, 4) is 17.2 Å². The zero-order valence-corrected chi connectivity index (χ0v) is 25.0. The van der Waals surface area contributed by atoms with Crippen LogP contribution in [0.4, 0.5) is 0 Å². The molecule has 2 aromatic carbocycles. The summed E-state index contributed by atoms with van der Waals surface area (Å²) in [7, 11) is -2.39. The molecule has 0 spiro atoms. The van der Waals surface area contributed by atoms with Crippen molar-refractivity contribution < 1.29 is 42.0 Å². The van der Waals surface area contributed by atoms with E-state index in [2.05, 4.69) is 5.32 Å². The van der Waals surface area contributed by atoms with E-state index in [4.69, 9.17) is 23.7 Å². The molecule has 6 rings (SSSR count). The Morgan fingerprint density at radius 2 is 1.86 bits per heavy atom. The second-order valence-corrected chi connectivity index (χ2v) is 13.4. The highest BCUT2D eigenvalue weighted by Crippen LogP contribution is 2.45. The Kier molecular flexibility index (Phi) is 8.80. The van der Waals surface area contributed by atoms with Gasteiger partial charge in [0.15, 0.2) is 17.3 Å². The number of rotatable bonds is 12. The normalized spacial score (nSPS) is 25.8. The number of methoxy groups -OCH3 is 1. The van der Waals surface area contributed by atoms with Crippen LogP contribution in [0.1, 0.15) is 43.6 Å². The first kappa shape index (κ1) is 29.7. The standard InChI is InChI=1S/C31H38N2O9S/c1-38-24-5-7-25(8-6-24)43(36,37)33(10-12-34)11-13-39-30-18-23(21-4-9-27-28(16-21)41-19-40-27)17-29(42-30)31(35)32-26-15-20-2-3-22(26)14-20/h4-9,16-17,20,22-23,26,30,34H,2-3,10-15,18-19H2,1H3,(H,32,35)/t20?,22?,23-,26?,30+/m1/s1. The topological polar surface area (TPSA) is 133 Å². The number of carbonyl (C=O) groups is 1. The van der Waals surface area contributed by atoms with Crippen molar-refractivity contribution in [2.45, 2.75) is 55.2 Å². The SMILES string of the molecule is COc1ccc(S(=O)(=O)N(CCO)CCO[C@@H]2C[C@H](c3ccc4c(c3)OCO4)C=C(C(=O)NC3CC4CCC3C4)O2)cc1. The fourth-order valence-electron chi connectivity index (χ4n) is 6.60. The molecule has 232 valence electrons.